The number of carbonyl (C=O) groups excluding carboxylic acids is 1. The van der Waals surface area contributed by atoms with E-state index in [-0.39, 0.29) is 5.91 Å². The Bertz CT molecular complexity index is 489. The van der Waals surface area contributed by atoms with Crippen molar-refractivity contribution in [1.82, 2.24) is 10.2 Å². The molecule has 2 rings (SSSR count). The minimum Gasteiger partial charge on any atom is -0.368 e. The molecule has 1 heterocycles. The predicted molar refractivity (Wildman–Crippen MR) is 77.5 cm³/mol. The van der Waals surface area contributed by atoms with Gasteiger partial charge >= 0.3 is 0 Å². The van der Waals surface area contributed by atoms with Crippen LogP contribution >= 0.6 is 23.2 Å². The third-order valence-electron chi connectivity index (χ3n) is 3.71. The van der Waals surface area contributed by atoms with Crippen molar-refractivity contribution >= 4 is 29.1 Å². The first-order chi connectivity index (χ1) is 8.96. The first-order valence-corrected chi connectivity index (χ1v) is 6.93. The molecule has 3 N–H and O–H groups in total. The van der Waals surface area contributed by atoms with E-state index in [4.69, 9.17) is 28.9 Å². The molecule has 1 unspecified atom stereocenters. The van der Waals surface area contributed by atoms with Gasteiger partial charge in [0.25, 0.3) is 0 Å². The van der Waals surface area contributed by atoms with Crippen LogP contribution in [0.1, 0.15) is 12.5 Å². The maximum atomic E-state index is 12.0. The maximum Gasteiger partial charge on any atom is 0.242 e. The molecule has 1 amide bonds. The molecule has 6 heteroatoms. The van der Waals surface area contributed by atoms with E-state index in [0.717, 1.165) is 31.7 Å². The van der Waals surface area contributed by atoms with Crippen molar-refractivity contribution in [3.8, 4) is 0 Å². The molecule has 104 valence electrons. The second-order valence-corrected chi connectivity index (χ2v) is 5.62. The van der Waals surface area contributed by atoms with Crippen molar-refractivity contribution in [2.24, 2.45) is 5.73 Å². The molecule has 1 aromatic rings. The molecule has 0 bridgehead atoms. The lowest BCUT2D eigenvalue weighted by atomic mass is 9.88. The summed E-state index contributed by atoms with van der Waals surface area (Å²) in [5, 5.41) is 4.16. The molecule has 1 aromatic carbocycles. The maximum absolute atomic E-state index is 12.0. The molecule has 1 saturated heterocycles. The number of nitrogens with one attached hydrogen (secondary N) is 1. The molecule has 1 aliphatic rings. The molecule has 1 aliphatic heterocycles. The topological polar surface area (TPSA) is 58.4 Å². The van der Waals surface area contributed by atoms with Gasteiger partial charge in [-0.15, -0.1) is 0 Å². The van der Waals surface area contributed by atoms with E-state index in [1.54, 1.807) is 18.2 Å². The average Bonchev–Trinajstić information content (AvgIpc) is 2.41. The second-order valence-electron chi connectivity index (χ2n) is 4.80. The largest absolute Gasteiger partial charge is 0.368 e. The van der Waals surface area contributed by atoms with Crippen LogP contribution in [0.2, 0.25) is 10.0 Å². The van der Waals surface area contributed by atoms with Gasteiger partial charge in [0.15, 0.2) is 0 Å². The zero-order valence-electron chi connectivity index (χ0n) is 10.7. The van der Waals surface area contributed by atoms with Crippen LogP contribution in [-0.2, 0) is 10.3 Å². The fourth-order valence-electron chi connectivity index (χ4n) is 2.39. The summed E-state index contributed by atoms with van der Waals surface area (Å²) < 4.78 is 0. The van der Waals surface area contributed by atoms with E-state index in [2.05, 4.69) is 10.2 Å². The lowest BCUT2D eigenvalue weighted by Crippen LogP contribution is -2.58. The molecular weight excluding hydrogens is 285 g/mol. The van der Waals surface area contributed by atoms with Gasteiger partial charge in [-0.3, -0.25) is 9.69 Å². The number of benzene rings is 1. The number of halogens is 2. The number of hydrogen-bond acceptors (Lipinski definition) is 3. The van der Waals surface area contributed by atoms with Crippen LogP contribution in [0.4, 0.5) is 0 Å². The normalized spacial score (nSPS) is 19.9. The summed E-state index contributed by atoms with van der Waals surface area (Å²) in [7, 11) is 0. The van der Waals surface area contributed by atoms with Crippen molar-refractivity contribution in [1.29, 1.82) is 0 Å². The standard InChI is InChI=1S/C13H17Cl2N3O/c1-13(12(16)19,18-6-4-17-5-7-18)9-2-3-10(14)11(15)8-9/h2-3,8,17H,4-7H2,1H3,(H2,16,19). The zero-order valence-corrected chi connectivity index (χ0v) is 12.3. The third kappa shape index (κ3) is 2.72. The van der Waals surface area contributed by atoms with Gasteiger partial charge in [-0.2, -0.15) is 0 Å². The Labute approximate surface area is 122 Å². The number of rotatable bonds is 3. The molecular formula is C13H17Cl2N3O. The number of hydrogen-bond donors (Lipinski definition) is 2. The highest BCUT2D eigenvalue weighted by molar-refractivity contribution is 6.42. The van der Waals surface area contributed by atoms with E-state index >= 15 is 0 Å². The summed E-state index contributed by atoms with van der Waals surface area (Å²) in [5.74, 6) is -0.382. The van der Waals surface area contributed by atoms with Gasteiger partial charge in [0.05, 0.1) is 10.0 Å². The van der Waals surface area contributed by atoms with Gasteiger partial charge < -0.3 is 11.1 Å². The van der Waals surface area contributed by atoms with Crippen molar-refractivity contribution in [2.45, 2.75) is 12.5 Å². The lowest BCUT2D eigenvalue weighted by Gasteiger charge is -2.41. The van der Waals surface area contributed by atoms with Crippen molar-refractivity contribution in [3.63, 3.8) is 0 Å². The molecule has 4 nitrogen and oxygen atoms in total. The molecule has 0 saturated carbocycles. The van der Waals surface area contributed by atoms with E-state index in [0.29, 0.717) is 10.0 Å². The van der Waals surface area contributed by atoms with Crippen molar-refractivity contribution in [2.75, 3.05) is 26.2 Å². The van der Waals surface area contributed by atoms with Crippen molar-refractivity contribution in [3.05, 3.63) is 33.8 Å². The number of amides is 1. The summed E-state index contributed by atoms with van der Waals surface area (Å²) in [6.45, 7) is 5.04. The van der Waals surface area contributed by atoms with Crippen LogP contribution in [0.25, 0.3) is 0 Å². The molecule has 0 spiro atoms. The Balaban J connectivity index is 2.42. The zero-order chi connectivity index (χ0) is 14.0. The van der Waals surface area contributed by atoms with Gasteiger partial charge in [0.1, 0.15) is 5.54 Å². The minimum atomic E-state index is -0.865. The minimum absolute atomic E-state index is 0.382. The van der Waals surface area contributed by atoms with Crippen LogP contribution in [0.3, 0.4) is 0 Å². The van der Waals surface area contributed by atoms with E-state index < -0.39 is 5.54 Å². The van der Waals surface area contributed by atoms with E-state index in [1.165, 1.54) is 0 Å². The van der Waals surface area contributed by atoms with Gasteiger partial charge in [0, 0.05) is 26.2 Å². The third-order valence-corrected chi connectivity index (χ3v) is 4.45. The molecule has 1 fully saturated rings. The van der Waals surface area contributed by atoms with E-state index in [1.807, 2.05) is 6.92 Å². The molecule has 1 atom stereocenters. The fraction of sp³-hybridized carbons (Fsp3) is 0.462. The fourth-order valence-corrected chi connectivity index (χ4v) is 2.69. The predicted octanol–water partition coefficient (Wildman–Crippen LogP) is 1.60. The van der Waals surface area contributed by atoms with Crippen molar-refractivity contribution < 1.29 is 4.79 Å². The highest BCUT2D eigenvalue weighted by Gasteiger charge is 2.40. The molecule has 0 aromatic heterocycles. The Morgan fingerprint density at radius 3 is 2.47 bits per heavy atom. The number of carbonyl (C=O) groups is 1. The van der Waals surface area contributed by atoms with Crippen LogP contribution in [-0.4, -0.2) is 37.0 Å². The first kappa shape index (κ1) is 14.6. The summed E-state index contributed by atoms with van der Waals surface area (Å²) in [5.41, 5.74) is 5.55. The van der Waals surface area contributed by atoms with Crippen LogP contribution in [0.5, 0.6) is 0 Å². The van der Waals surface area contributed by atoms with Gasteiger partial charge in [-0.25, -0.2) is 0 Å². The number of primary amides is 1. The SMILES string of the molecule is CC(C(N)=O)(c1ccc(Cl)c(Cl)c1)N1CCNCC1. The van der Waals surface area contributed by atoms with Gasteiger partial charge in [0.2, 0.25) is 5.91 Å². The monoisotopic (exact) mass is 301 g/mol. The van der Waals surface area contributed by atoms with E-state index in [9.17, 15) is 4.79 Å². The summed E-state index contributed by atoms with van der Waals surface area (Å²) in [6.07, 6.45) is 0. The Hall–Kier alpha value is -0.810. The molecule has 0 aliphatic carbocycles. The van der Waals surface area contributed by atoms with Crippen LogP contribution < -0.4 is 11.1 Å². The second kappa shape index (κ2) is 5.67. The van der Waals surface area contributed by atoms with Gasteiger partial charge in [-0.1, -0.05) is 29.3 Å². The van der Waals surface area contributed by atoms with Gasteiger partial charge in [-0.05, 0) is 24.6 Å². The first-order valence-electron chi connectivity index (χ1n) is 6.17. The quantitative estimate of drug-likeness (QED) is 0.891. The lowest BCUT2D eigenvalue weighted by molar-refractivity contribution is -0.130. The molecule has 19 heavy (non-hydrogen) atoms. The summed E-state index contributed by atoms with van der Waals surface area (Å²) >= 11 is 12.0. The molecule has 0 radical (unpaired) electrons. The summed E-state index contributed by atoms with van der Waals surface area (Å²) in [6, 6.07) is 5.22. The number of piperazine rings is 1. The Morgan fingerprint density at radius 2 is 1.95 bits per heavy atom. The number of nitrogens with two attached hydrogens (primary N) is 1. The smallest absolute Gasteiger partial charge is 0.242 e. The van der Waals surface area contributed by atoms with Crippen LogP contribution in [0, 0.1) is 0 Å². The highest BCUT2D eigenvalue weighted by atomic mass is 35.5. The summed E-state index contributed by atoms with van der Waals surface area (Å²) in [4.78, 5) is 14.1. The Morgan fingerprint density at radius 1 is 1.32 bits per heavy atom. The average molecular weight is 302 g/mol. The number of nitrogens with zero attached hydrogens (tertiary/aromatic N) is 1. The highest BCUT2D eigenvalue weighted by Crippen LogP contribution is 2.32. The van der Waals surface area contributed by atoms with Crippen LogP contribution in [0.15, 0.2) is 18.2 Å². The Kier molecular flexibility index (Phi) is 4.36.